The van der Waals surface area contributed by atoms with Gasteiger partial charge in [0.1, 0.15) is 5.75 Å². The van der Waals surface area contributed by atoms with Gasteiger partial charge in [-0.25, -0.2) is 0 Å². The SMILES string of the molecule is CCc1ccc(O)c2c1ccc1c([N+](=O)[O-])ccnc12. The highest BCUT2D eigenvalue weighted by Crippen LogP contribution is 2.36. The van der Waals surface area contributed by atoms with E-state index in [1.165, 1.54) is 12.3 Å². The molecule has 0 unspecified atom stereocenters. The van der Waals surface area contributed by atoms with Gasteiger partial charge in [0, 0.05) is 12.3 Å². The van der Waals surface area contributed by atoms with Gasteiger partial charge in [0.05, 0.1) is 21.2 Å². The van der Waals surface area contributed by atoms with Crippen molar-refractivity contribution in [3.63, 3.8) is 0 Å². The van der Waals surface area contributed by atoms with Crippen LogP contribution < -0.4 is 0 Å². The molecule has 0 aliphatic heterocycles. The Hall–Kier alpha value is -2.69. The van der Waals surface area contributed by atoms with Crippen LogP contribution in [0.3, 0.4) is 0 Å². The van der Waals surface area contributed by atoms with Crippen molar-refractivity contribution in [2.45, 2.75) is 13.3 Å². The van der Waals surface area contributed by atoms with E-state index in [0.29, 0.717) is 16.3 Å². The van der Waals surface area contributed by atoms with Gasteiger partial charge in [0.2, 0.25) is 0 Å². The molecule has 20 heavy (non-hydrogen) atoms. The van der Waals surface area contributed by atoms with Crippen LogP contribution >= 0.6 is 0 Å². The lowest BCUT2D eigenvalue weighted by molar-refractivity contribution is -0.383. The predicted octanol–water partition coefficient (Wildman–Crippen LogP) is 3.56. The largest absolute Gasteiger partial charge is 0.507 e. The molecule has 100 valence electrons. The molecule has 2 aromatic carbocycles. The van der Waals surface area contributed by atoms with Crippen LogP contribution in [0.1, 0.15) is 12.5 Å². The second-order valence-electron chi connectivity index (χ2n) is 4.57. The van der Waals surface area contributed by atoms with E-state index in [2.05, 4.69) is 4.98 Å². The number of nitrogens with zero attached hydrogens (tertiary/aromatic N) is 2. The van der Waals surface area contributed by atoms with Gasteiger partial charge >= 0.3 is 0 Å². The van der Waals surface area contributed by atoms with Crippen LogP contribution in [0.2, 0.25) is 0 Å². The smallest absolute Gasteiger partial charge is 0.280 e. The average Bonchev–Trinajstić information content (AvgIpc) is 2.46. The van der Waals surface area contributed by atoms with Crippen LogP contribution in [0.25, 0.3) is 21.7 Å². The summed E-state index contributed by atoms with van der Waals surface area (Å²) < 4.78 is 0. The second kappa shape index (κ2) is 4.45. The number of aromatic hydroxyl groups is 1. The van der Waals surface area contributed by atoms with Crippen LogP contribution in [0.5, 0.6) is 5.75 Å². The number of phenols is 1. The summed E-state index contributed by atoms with van der Waals surface area (Å²) in [5.41, 5.74) is 1.54. The molecule has 0 spiro atoms. The van der Waals surface area contributed by atoms with E-state index >= 15 is 0 Å². The van der Waals surface area contributed by atoms with E-state index in [-0.39, 0.29) is 11.4 Å². The van der Waals surface area contributed by atoms with E-state index in [4.69, 9.17) is 0 Å². The number of pyridine rings is 1. The zero-order chi connectivity index (χ0) is 14.3. The Balaban J connectivity index is 2.54. The number of aromatic nitrogens is 1. The summed E-state index contributed by atoms with van der Waals surface area (Å²) in [5, 5.41) is 23.1. The number of phenolic OH excluding ortho intramolecular Hbond substituents is 1. The summed E-state index contributed by atoms with van der Waals surface area (Å²) in [6, 6.07) is 8.35. The van der Waals surface area contributed by atoms with Crippen molar-refractivity contribution in [2.75, 3.05) is 0 Å². The Kier molecular flexibility index (Phi) is 2.75. The van der Waals surface area contributed by atoms with Crippen LogP contribution in [0.15, 0.2) is 36.5 Å². The van der Waals surface area contributed by atoms with Gasteiger partial charge in [-0.1, -0.05) is 19.1 Å². The number of hydrogen-bond acceptors (Lipinski definition) is 4. The molecule has 0 saturated heterocycles. The molecule has 0 saturated carbocycles. The Morgan fingerprint density at radius 3 is 2.65 bits per heavy atom. The normalized spacial score (nSPS) is 11.1. The van der Waals surface area contributed by atoms with E-state index in [9.17, 15) is 15.2 Å². The maximum atomic E-state index is 11.1. The lowest BCUT2D eigenvalue weighted by Crippen LogP contribution is -1.93. The maximum absolute atomic E-state index is 11.1. The first-order chi connectivity index (χ1) is 9.63. The Morgan fingerprint density at radius 2 is 1.95 bits per heavy atom. The summed E-state index contributed by atoms with van der Waals surface area (Å²) >= 11 is 0. The number of rotatable bonds is 2. The van der Waals surface area contributed by atoms with Crippen LogP contribution in [-0.4, -0.2) is 15.0 Å². The molecule has 0 radical (unpaired) electrons. The van der Waals surface area contributed by atoms with Crippen molar-refractivity contribution in [2.24, 2.45) is 0 Å². The molecule has 0 amide bonds. The highest BCUT2D eigenvalue weighted by Gasteiger charge is 2.16. The Bertz CT molecular complexity index is 843. The zero-order valence-corrected chi connectivity index (χ0v) is 10.8. The number of hydrogen-bond donors (Lipinski definition) is 1. The first-order valence-electron chi connectivity index (χ1n) is 6.30. The fourth-order valence-electron chi connectivity index (χ4n) is 2.55. The van der Waals surface area contributed by atoms with Crippen LogP contribution in [0, 0.1) is 10.1 Å². The van der Waals surface area contributed by atoms with Crippen LogP contribution in [-0.2, 0) is 6.42 Å². The van der Waals surface area contributed by atoms with Crippen molar-refractivity contribution in [3.8, 4) is 5.75 Å². The van der Waals surface area contributed by atoms with E-state index < -0.39 is 4.92 Å². The standard InChI is InChI=1S/C15H12N2O3/c1-2-9-3-6-13(18)14-10(9)4-5-11-12(17(19)20)7-8-16-15(11)14/h3-8,18H,2H2,1H3. The molecule has 5 heteroatoms. The highest BCUT2D eigenvalue weighted by atomic mass is 16.6. The Morgan fingerprint density at radius 1 is 1.20 bits per heavy atom. The van der Waals surface area contributed by atoms with Crippen molar-refractivity contribution in [3.05, 3.63) is 52.2 Å². The van der Waals surface area contributed by atoms with Gasteiger partial charge in [-0.3, -0.25) is 15.1 Å². The molecule has 0 atom stereocenters. The summed E-state index contributed by atoms with van der Waals surface area (Å²) in [6.07, 6.45) is 2.22. The topological polar surface area (TPSA) is 76.3 Å². The minimum absolute atomic E-state index is 0.00167. The van der Waals surface area contributed by atoms with Gasteiger partial charge in [0.25, 0.3) is 5.69 Å². The molecule has 1 heterocycles. The average molecular weight is 268 g/mol. The van der Waals surface area contributed by atoms with Crippen LogP contribution in [0.4, 0.5) is 5.69 Å². The lowest BCUT2D eigenvalue weighted by Gasteiger charge is -2.09. The zero-order valence-electron chi connectivity index (χ0n) is 10.8. The third-order valence-electron chi connectivity index (χ3n) is 3.51. The van der Waals surface area contributed by atoms with E-state index in [0.717, 1.165) is 17.4 Å². The fraction of sp³-hybridized carbons (Fsp3) is 0.133. The molecule has 5 nitrogen and oxygen atoms in total. The first-order valence-corrected chi connectivity index (χ1v) is 6.30. The van der Waals surface area contributed by atoms with E-state index in [1.54, 1.807) is 12.1 Å². The van der Waals surface area contributed by atoms with Gasteiger partial charge in [-0.15, -0.1) is 0 Å². The quantitative estimate of drug-likeness (QED) is 0.438. The number of aryl methyl sites for hydroxylation is 1. The molecule has 3 aromatic rings. The fourth-order valence-corrected chi connectivity index (χ4v) is 2.55. The van der Waals surface area contributed by atoms with Gasteiger partial charge in [-0.05, 0) is 29.5 Å². The second-order valence-corrected chi connectivity index (χ2v) is 4.57. The number of fused-ring (bicyclic) bond motifs is 3. The Labute approximate surface area is 114 Å². The third-order valence-corrected chi connectivity index (χ3v) is 3.51. The molecule has 3 rings (SSSR count). The van der Waals surface area contributed by atoms with Crippen molar-refractivity contribution in [1.29, 1.82) is 0 Å². The minimum atomic E-state index is -0.434. The number of nitro groups is 1. The monoisotopic (exact) mass is 268 g/mol. The maximum Gasteiger partial charge on any atom is 0.280 e. The first kappa shape index (κ1) is 12.3. The van der Waals surface area contributed by atoms with E-state index in [1.807, 2.05) is 19.1 Å². The predicted molar refractivity (Wildman–Crippen MR) is 76.9 cm³/mol. The summed E-state index contributed by atoms with van der Waals surface area (Å²) in [5.74, 6) is 0.0933. The van der Waals surface area contributed by atoms with Gasteiger partial charge < -0.3 is 5.11 Å². The van der Waals surface area contributed by atoms with Crippen molar-refractivity contribution in [1.82, 2.24) is 4.98 Å². The number of benzene rings is 2. The lowest BCUT2D eigenvalue weighted by atomic mass is 9.98. The molecular formula is C15H12N2O3. The molecule has 0 bridgehead atoms. The summed E-state index contributed by atoms with van der Waals surface area (Å²) in [7, 11) is 0. The molecule has 1 N–H and O–H groups in total. The molecule has 1 aromatic heterocycles. The van der Waals surface area contributed by atoms with Gasteiger partial charge in [0.15, 0.2) is 0 Å². The molecule has 0 fully saturated rings. The van der Waals surface area contributed by atoms with Gasteiger partial charge in [-0.2, -0.15) is 0 Å². The summed E-state index contributed by atoms with van der Waals surface area (Å²) in [4.78, 5) is 14.9. The third kappa shape index (κ3) is 1.67. The minimum Gasteiger partial charge on any atom is -0.507 e. The highest BCUT2D eigenvalue weighted by molar-refractivity contribution is 6.11. The van der Waals surface area contributed by atoms with Crippen molar-refractivity contribution < 1.29 is 10.0 Å². The molecule has 0 aliphatic rings. The molecular weight excluding hydrogens is 256 g/mol. The summed E-state index contributed by atoms with van der Waals surface area (Å²) in [6.45, 7) is 2.02. The molecule has 0 aliphatic carbocycles. The van der Waals surface area contributed by atoms with Crippen molar-refractivity contribution >= 4 is 27.4 Å².